The van der Waals surface area contributed by atoms with Gasteiger partial charge in [0.1, 0.15) is 5.15 Å². The maximum absolute atomic E-state index is 12.0. The van der Waals surface area contributed by atoms with Gasteiger partial charge in [-0.25, -0.2) is 4.98 Å². The molecule has 0 spiro atoms. The van der Waals surface area contributed by atoms with E-state index >= 15 is 0 Å². The first kappa shape index (κ1) is 14.0. The number of carbonyl (C=O) groups excluding carboxylic acids is 1. The maximum Gasteiger partial charge on any atom is 0.253 e. The molecule has 2 aromatic rings. The molecular weight excluding hydrogens is 328 g/mol. The van der Waals surface area contributed by atoms with Gasteiger partial charge >= 0.3 is 0 Å². The van der Waals surface area contributed by atoms with Gasteiger partial charge in [-0.15, -0.1) is 0 Å². The zero-order valence-electron chi connectivity index (χ0n) is 10.2. The van der Waals surface area contributed by atoms with Gasteiger partial charge in [0.05, 0.1) is 11.6 Å². The van der Waals surface area contributed by atoms with Crippen molar-refractivity contribution in [2.75, 3.05) is 0 Å². The third kappa shape index (κ3) is 3.55. The molecule has 2 rings (SSSR count). The van der Waals surface area contributed by atoms with Crippen molar-refractivity contribution in [2.24, 2.45) is 0 Å². The summed E-state index contributed by atoms with van der Waals surface area (Å²) in [5.41, 5.74) is 1.51. The van der Waals surface area contributed by atoms with Crippen LogP contribution in [0.1, 0.15) is 28.9 Å². The summed E-state index contributed by atoms with van der Waals surface area (Å²) in [5, 5.41) is 3.29. The van der Waals surface area contributed by atoms with Gasteiger partial charge in [0.15, 0.2) is 0 Å². The lowest BCUT2D eigenvalue weighted by Crippen LogP contribution is -2.26. The molecule has 5 heteroatoms. The first-order valence-electron chi connectivity index (χ1n) is 5.75. The third-order valence-electron chi connectivity index (χ3n) is 2.71. The Morgan fingerprint density at radius 2 is 2.05 bits per heavy atom. The van der Waals surface area contributed by atoms with Crippen LogP contribution >= 0.6 is 27.5 Å². The van der Waals surface area contributed by atoms with Crippen molar-refractivity contribution in [3.05, 3.63) is 63.3 Å². The number of hydrogen-bond donors (Lipinski definition) is 1. The van der Waals surface area contributed by atoms with Crippen LogP contribution in [0.3, 0.4) is 0 Å². The van der Waals surface area contributed by atoms with E-state index in [1.54, 1.807) is 12.1 Å². The molecule has 0 aliphatic carbocycles. The smallest absolute Gasteiger partial charge is 0.253 e. The monoisotopic (exact) mass is 338 g/mol. The van der Waals surface area contributed by atoms with Gasteiger partial charge in [-0.1, -0.05) is 45.7 Å². The van der Waals surface area contributed by atoms with Crippen molar-refractivity contribution < 1.29 is 4.79 Å². The predicted molar refractivity (Wildman–Crippen MR) is 79.3 cm³/mol. The molecule has 1 N–H and O–H groups in total. The number of benzene rings is 1. The molecule has 3 nitrogen and oxygen atoms in total. The van der Waals surface area contributed by atoms with Crippen molar-refractivity contribution >= 4 is 33.4 Å². The van der Waals surface area contributed by atoms with E-state index in [-0.39, 0.29) is 11.9 Å². The van der Waals surface area contributed by atoms with Crippen LogP contribution in [0.4, 0.5) is 0 Å². The highest BCUT2D eigenvalue weighted by atomic mass is 79.9. The van der Waals surface area contributed by atoms with Crippen LogP contribution in [0.2, 0.25) is 5.15 Å². The number of hydrogen-bond acceptors (Lipinski definition) is 2. The van der Waals surface area contributed by atoms with Gasteiger partial charge in [0, 0.05) is 10.7 Å². The number of aromatic nitrogens is 1. The second kappa shape index (κ2) is 6.17. The van der Waals surface area contributed by atoms with Gasteiger partial charge in [0.25, 0.3) is 5.91 Å². The van der Waals surface area contributed by atoms with Crippen molar-refractivity contribution in [2.45, 2.75) is 13.0 Å². The second-order valence-corrected chi connectivity index (χ2v) is 5.33. The SMILES string of the molecule is C[C@@H](NC(=O)c1ccc(Cl)nc1)c1ccccc1Br. The van der Waals surface area contributed by atoms with Crippen molar-refractivity contribution in [1.82, 2.24) is 10.3 Å². The zero-order valence-corrected chi connectivity index (χ0v) is 12.6. The van der Waals surface area contributed by atoms with Gasteiger partial charge in [-0.3, -0.25) is 4.79 Å². The van der Waals surface area contributed by atoms with E-state index in [0.29, 0.717) is 10.7 Å². The lowest BCUT2D eigenvalue weighted by atomic mass is 10.1. The number of nitrogens with zero attached hydrogens (tertiary/aromatic N) is 1. The zero-order chi connectivity index (χ0) is 13.8. The molecule has 0 radical (unpaired) electrons. The fourth-order valence-electron chi connectivity index (χ4n) is 1.69. The molecule has 1 aromatic heterocycles. The van der Waals surface area contributed by atoms with Crippen LogP contribution in [0.15, 0.2) is 47.1 Å². The number of halogens is 2. The van der Waals surface area contributed by atoms with E-state index in [4.69, 9.17) is 11.6 Å². The van der Waals surface area contributed by atoms with Gasteiger partial charge in [-0.2, -0.15) is 0 Å². The first-order chi connectivity index (χ1) is 9.08. The van der Waals surface area contributed by atoms with Crippen LogP contribution in [0.25, 0.3) is 0 Å². The van der Waals surface area contributed by atoms with Gasteiger partial charge in [-0.05, 0) is 30.7 Å². The van der Waals surface area contributed by atoms with Crippen molar-refractivity contribution in [3.8, 4) is 0 Å². The number of rotatable bonds is 3. The summed E-state index contributed by atoms with van der Waals surface area (Å²) in [6.07, 6.45) is 1.46. The number of amides is 1. The summed E-state index contributed by atoms with van der Waals surface area (Å²) < 4.78 is 0.969. The van der Waals surface area contributed by atoms with E-state index in [1.165, 1.54) is 6.20 Å². The minimum Gasteiger partial charge on any atom is -0.345 e. The molecule has 0 unspecified atom stereocenters. The first-order valence-corrected chi connectivity index (χ1v) is 6.92. The van der Waals surface area contributed by atoms with E-state index < -0.39 is 0 Å². The Hall–Kier alpha value is -1.39. The topological polar surface area (TPSA) is 42.0 Å². The minimum absolute atomic E-state index is 0.0984. The Kier molecular flexibility index (Phi) is 4.56. The van der Waals surface area contributed by atoms with E-state index in [0.717, 1.165) is 10.0 Å². The van der Waals surface area contributed by atoms with Gasteiger partial charge in [0.2, 0.25) is 0 Å². The van der Waals surface area contributed by atoms with E-state index in [9.17, 15) is 4.79 Å². The summed E-state index contributed by atoms with van der Waals surface area (Å²) in [7, 11) is 0. The molecular formula is C14H12BrClN2O. The average Bonchev–Trinajstić information content (AvgIpc) is 2.39. The molecule has 0 saturated heterocycles. The van der Waals surface area contributed by atoms with Gasteiger partial charge < -0.3 is 5.32 Å². The lowest BCUT2D eigenvalue weighted by molar-refractivity contribution is 0.0939. The van der Waals surface area contributed by atoms with Crippen molar-refractivity contribution in [3.63, 3.8) is 0 Å². The molecule has 1 aromatic carbocycles. The van der Waals surface area contributed by atoms with Crippen LogP contribution in [-0.2, 0) is 0 Å². The summed E-state index contributed by atoms with van der Waals surface area (Å²) in [6.45, 7) is 1.93. The maximum atomic E-state index is 12.0. The lowest BCUT2D eigenvalue weighted by Gasteiger charge is -2.15. The summed E-state index contributed by atoms with van der Waals surface area (Å²) >= 11 is 9.16. The summed E-state index contributed by atoms with van der Waals surface area (Å²) in [4.78, 5) is 15.9. The molecule has 0 aliphatic heterocycles. The van der Waals surface area contributed by atoms with Crippen LogP contribution in [0.5, 0.6) is 0 Å². The molecule has 1 atom stereocenters. The van der Waals surface area contributed by atoms with Crippen LogP contribution in [0, 0.1) is 0 Å². The highest BCUT2D eigenvalue weighted by molar-refractivity contribution is 9.10. The normalized spacial score (nSPS) is 11.9. The Bertz CT molecular complexity index is 586. The highest BCUT2D eigenvalue weighted by Gasteiger charge is 2.13. The standard InChI is InChI=1S/C14H12BrClN2O/c1-9(11-4-2-3-5-12(11)15)18-14(19)10-6-7-13(16)17-8-10/h2-9H,1H3,(H,18,19)/t9-/m1/s1. The minimum atomic E-state index is -0.174. The largest absolute Gasteiger partial charge is 0.345 e. The fourth-order valence-corrected chi connectivity index (χ4v) is 2.43. The molecule has 98 valence electrons. The third-order valence-corrected chi connectivity index (χ3v) is 3.65. The van der Waals surface area contributed by atoms with Crippen LogP contribution < -0.4 is 5.32 Å². The predicted octanol–water partition coefficient (Wildman–Crippen LogP) is 3.99. The molecule has 0 fully saturated rings. The van der Waals surface area contributed by atoms with E-state index in [1.807, 2.05) is 31.2 Å². The average molecular weight is 340 g/mol. The fraction of sp³-hybridized carbons (Fsp3) is 0.143. The number of nitrogens with one attached hydrogen (secondary N) is 1. The molecule has 1 heterocycles. The number of pyridine rings is 1. The summed E-state index contributed by atoms with van der Waals surface area (Å²) in [5.74, 6) is -0.174. The molecule has 19 heavy (non-hydrogen) atoms. The molecule has 1 amide bonds. The van der Waals surface area contributed by atoms with E-state index in [2.05, 4.69) is 26.2 Å². The second-order valence-electron chi connectivity index (χ2n) is 4.09. The number of carbonyl (C=O) groups is 1. The quantitative estimate of drug-likeness (QED) is 0.859. The Labute approximate surface area is 125 Å². The molecule has 0 saturated carbocycles. The Morgan fingerprint density at radius 1 is 1.32 bits per heavy atom. The summed E-state index contributed by atoms with van der Waals surface area (Å²) in [6, 6.07) is 10.9. The van der Waals surface area contributed by atoms with Crippen molar-refractivity contribution in [1.29, 1.82) is 0 Å². The highest BCUT2D eigenvalue weighted by Crippen LogP contribution is 2.23. The Morgan fingerprint density at radius 3 is 2.68 bits per heavy atom. The Balaban J connectivity index is 2.11. The molecule has 0 bridgehead atoms. The molecule has 0 aliphatic rings. The van der Waals surface area contributed by atoms with Crippen LogP contribution in [-0.4, -0.2) is 10.9 Å².